The van der Waals surface area contributed by atoms with Crippen LogP contribution in [0.15, 0.2) is 5.10 Å². The second-order valence-corrected chi connectivity index (χ2v) is 5.95. The van der Waals surface area contributed by atoms with Crippen molar-refractivity contribution in [3.63, 3.8) is 0 Å². The molecule has 0 saturated carbocycles. The number of nitrogens with one attached hydrogen (secondary N) is 2. The van der Waals surface area contributed by atoms with Crippen molar-refractivity contribution in [1.29, 1.82) is 5.41 Å². The van der Waals surface area contributed by atoms with Crippen molar-refractivity contribution < 1.29 is 4.79 Å². The molecule has 1 amide bonds. The number of guanidine groups is 1. The molecule has 0 aromatic rings. The molecule has 108 valence electrons. The van der Waals surface area contributed by atoms with Crippen LogP contribution in [0.4, 0.5) is 0 Å². The summed E-state index contributed by atoms with van der Waals surface area (Å²) in [5, 5.41) is 11.0. The summed E-state index contributed by atoms with van der Waals surface area (Å²) in [7, 11) is 0. The van der Waals surface area contributed by atoms with E-state index in [9.17, 15) is 4.79 Å². The van der Waals surface area contributed by atoms with Gasteiger partial charge in [0.15, 0.2) is 0 Å². The summed E-state index contributed by atoms with van der Waals surface area (Å²) in [5.74, 6) is -0.241. The summed E-state index contributed by atoms with van der Waals surface area (Å²) in [5.41, 5.74) is 12.5. The predicted molar refractivity (Wildman–Crippen MR) is 75.7 cm³/mol. The van der Waals surface area contributed by atoms with Crippen LogP contribution in [0.2, 0.25) is 0 Å². The van der Waals surface area contributed by atoms with Gasteiger partial charge in [-0.1, -0.05) is 13.8 Å². The highest BCUT2D eigenvalue weighted by Gasteiger charge is 2.46. The topological polar surface area (TPSA) is 121 Å². The summed E-state index contributed by atoms with van der Waals surface area (Å²) in [4.78, 5) is 13.9. The van der Waals surface area contributed by atoms with Crippen LogP contribution in [0.1, 0.15) is 34.1 Å². The van der Waals surface area contributed by atoms with Crippen LogP contribution < -0.4 is 16.9 Å². The smallest absolute Gasteiger partial charge is 0.240 e. The molecule has 1 saturated heterocycles. The maximum absolute atomic E-state index is 12.1. The summed E-state index contributed by atoms with van der Waals surface area (Å²) < 4.78 is 0. The average Bonchev–Trinajstić information content (AvgIpc) is 2.58. The Hall–Kier alpha value is -1.63. The first-order chi connectivity index (χ1) is 8.59. The number of amides is 1. The largest absolute Gasteiger partial charge is 0.369 e. The molecular weight excluding hydrogens is 244 g/mol. The van der Waals surface area contributed by atoms with E-state index in [1.165, 1.54) is 0 Å². The molecule has 0 aliphatic carbocycles. The lowest BCUT2D eigenvalue weighted by atomic mass is 9.74. The predicted octanol–water partition coefficient (Wildman–Crippen LogP) is -0.180. The van der Waals surface area contributed by atoms with Crippen LogP contribution in [0.3, 0.4) is 0 Å². The first kappa shape index (κ1) is 15.4. The minimum absolute atomic E-state index is 0.0222. The molecule has 1 atom stereocenters. The molecule has 1 aliphatic heterocycles. The van der Waals surface area contributed by atoms with Crippen LogP contribution in [0.25, 0.3) is 0 Å². The Labute approximate surface area is 113 Å². The van der Waals surface area contributed by atoms with Gasteiger partial charge in [0.25, 0.3) is 0 Å². The van der Waals surface area contributed by atoms with Crippen LogP contribution >= 0.6 is 0 Å². The van der Waals surface area contributed by atoms with E-state index in [1.54, 1.807) is 11.1 Å². The maximum atomic E-state index is 12.1. The fourth-order valence-electron chi connectivity index (χ4n) is 2.03. The molecule has 0 bridgehead atoms. The van der Waals surface area contributed by atoms with Gasteiger partial charge in [0.1, 0.15) is 0 Å². The molecule has 19 heavy (non-hydrogen) atoms. The van der Waals surface area contributed by atoms with Gasteiger partial charge in [-0.05, 0) is 20.3 Å². The molecule has 0 aromatic heterocycles. The van der Waals surface area contributed by atoms with E-state index in [4.69, 9.17) is 16.9 Å². The summed E-state index contributed by atoms with van der Waals surface area (Å²) >= 11 is 0. The molecule has 7 nitrogen and oxygen atoms in total. The Balaban J connectivity index is 2.88. The lowest BCUT2D eigenvalue weighted by molar-refractivity contribution is -0.135. The van der Waals surface area contributed by atoms with Crippen LogP contribution in [0, 0.1) is 10.8 Å². The molecule has 1 fully saturated rings. The van der Waals surface area contributed by atoms with E-state index in [0.29, 0.717) is 13.0 Å². The zero-order valence-corrected chi connectivity index (χ0v) is 12.0. The van der Waals surface area contributed by atoms with E-state index < -0.39 is 17.0 Å². The van der Waals surface area contributed by atoms with Gasteiger partial charge in [0.05, 0.1) is 6.04 Å². The number of hydrazone groups is 1. The molecule has 6 N–H and O–H groups in total. The monoisotopic (exact) mass is 268 g/mol. The number of carbonyl (C=O) groups excluding carboxylic acids is 1. The zero-order valence-electron chi connectivity index (χ0n) is 12.0. The van der Waals surface area contributed by atoms with Crippen LogP contribution in [0.5, 0.6) is 0 Å². The van der Waals surface area contributed by atoms with Gasteiger partial charge in [-0.25, -0.2) is 5.43 Å². The third kappa shape index (κ3) is 3.04. The Morgan fingerprint density at radius 1 is 1.53 bits per heavy atom. The molecular formula is C12H24N6O. The van der Waals surface area contributed by atoms with Gasteiger partial charge in [-0.2, -0.15) is 5.10 Å². The third-order valence-electron chi connectivity index (χ3n) is 4.07. The zero-order chi connectivity index (χ0) is 14.8. The Kier molecular flexibility index (Phi) is 4.19. The molecule has 1 rings (SSSR count). The fraction of sp³-hybridized carbons (Fsp3) is 0.750. The lowest BCUT2D eigenvalue weighted by Gasteiger charge is -2.45. The number of carbonyl (C=O) groups is 1. The van der Waals surface area contributed by atoms with E-state index in [2.05, 4.69) is 10.5 Å². The van der Waals surface area contributed by atoms with Crippen LogP contribution in [-0.2, 0) is 4.79 Å². The van der Waals surface area contributed by atoms with Crippen molar-refractivity contribution in [2.75, 3.05) is 6.54 Å². The lowest BCUT2D eigenvalue weighted by Crippen LogP contribution is -2.56. The summed E-state index contributed by atoms with van der Waals surface area (Å²) in [6.45, 7) is 8.60. The number of rotatable bonds is 4. The first-order valence-corrected chi connectivity index (χ1v) is 6.31. The van der Waals surface area contributed by atoms with Gasteiger partial charge in [0.2, 0.25) is 11.9 Å². The third-order valence-corrected chi connectivity index (χ3v) is 4.07. The highest BCUT2D eigenvalue weighted by Crippen LogP contribution is 2.36. The van der Waals surface area contributed by atoms with Gasteiger partial charge in [-0.15, -0.1) is 0 Å². The number of hydrogen-bond acceptors (Lipinski definition) is 4. The Bertz CT molecular complexity index is 401. The second kappa shape index (κ2) is 5.16. The van der Waals surface area contributed by atoms with Crippen molar-refractivity contribution >= 4 is 18.1 Å². The number of nitrogens with two attached hydrogens (primary N) is 2. The van der Waals surface area contributed by atoms with Crippen molar-refractivity contribution in [2.24, 2.45) is 22.0 Å². The highest BCUT2D eigenvalue weighted by molar-refractivity contribution is 5.85. The fourth-order valence-corrected chi connectivity index (χ4v) is 2.03. The molecule has 1 aliphatic rings. The van der Waals surface area contributed by atoms with Crippen molar-refractivity contribution in [2.45, 2.75) is 45.7 Å². The average molecular weight is 268 g/mol. The van der Waals surface area contributed by atoms with E-state index in [-0.39, 0.29) is 11.9 Å². The normalized spacial score (nSPS) is 21.2. The maximum Gasteiger partial charge on any atom is 0.240 e. The molecule has 7 heteroatoms. The minimum Gasteiger partial charge on any atom is -0.369 e. The molecule has 0 radical (unpaired) electrons. The van der Waals surface area contributed by atoms with E-state index in [1.807, 2.05) is 27.7 Å². The minimum atomic E-state index is -0.430. The second-order valence-electron chi connectivity index (χ2n) is 5.95. The van der Waals surface area contributed by atoms with E-state index >= 15 is 0 Å². The summed E-state index contributed by atoms with van der Waals surface area (Å²) in [6, 6.07) is -0.401. The van der Waals surface area contributed by atoms with Crippen molar-refractivity contribution in [3.8, 4) is 0 Å². The summed E-state index contributed by atoms with van der Waals surface area (Å²) in [6.07, 6.45) is 2.35. The number of likely N-dealkylation sites (tertiary alicyclic amines) is 1. The van der Waals surface area contributed by atoms with Gasteiger partial charge in [0, 0.05) is 23.7 Å². The molecule has 0 spiro atoms. The standard InChI is InChI=1S/C12H24N6O/c1-11(2,7-16-17-10(14)15)12(3,4)18-6-5-8(13)9(18)19/h7-8H,5-6,13H2,1-4H3,(H4,14,15,17)/b16-7+. The van der Waals surface area contributed by atoms with Gasteiger partial charge < -0.3 is 16.4 Å². The van der Waals surface area contributed by atoms with Crippen molar-refractivity contribution in [3.05, 3.63) is 0 Å². The SMILES string of the molecule is CC(C)(/C=N/NC(=N)N)C(C)(C)N1CCC(N)C1=O. The quantitative estimate of drug-likeness (QED) is 0.321. The molecule has 0 aromatic carbocycles. The Morgan fingerprint density at radius 2 is 2.11 bits per heavy atom. The Morgan fingerprint density at radius 3 is 2.53 bits per heavy atom. The van der Waals surface area contributed by atoms with Crippen molar-refractivity contribution in [1.82, 2.24) is 10.3 Å². The number of nitrogens with zero attached hydrogens (tertiary/aromatic N) is 2. The first-order valence-electron chi connectivity index (χ1n) is 6.31. The molecule has 1 heterocycles. The molecule has 1 unspecified atom stereocenters. The van der Waals surface area contributed by atoms with E-state index in [0.717, 1.165) is 0 Å². The van der Waals surface area contributed by atoms with Crippen LogP contribution in [-0.4, -0.2) is 41.1 Å². The van der Waals surface area contributed by atoms with Gasteiger partial charge in [-0.3, -0.25) is 10.2 Å². The van der Waals surface area contributed by atoms with Gasteiger partial charge >= 0.3 is 0 Å². The number of hydrogen-bond donors (Lipinski definition) is 4. The highest BCUT2D eigenvalue weighted by atomic mass is 16.2.